The number of amides is 2. The Kier molecular flexibility index (Phi) is 7.45. The first kappa shape index (κ1) is 20.6. The molecule has 0 bridgehead atoms. The van der Waals surface area contributed by atoms with Gasteiger partial charge >= 0.3 is 0 Å². The van der Waals surface area contributed by atoms with Crippen molar-refractivity contribution in [3.8, 4) is 11.1 Å². The van der Waals surface area contributed by atoms with Crippen molar-refractivity contribution in [3.05, 3.63) is 72.4 Å². The van der Waals surface area contributed by atoms with E-state index in [1.54, 1.807) is 0 Å². The summed E-state index contributed by atoms with van der Waals surface area (Å²) in [5, 5.41) is 3.04. The van der Waals surface area contributed by atoms with Crippen molar-refractivity contribution in [1.29, 1.82) is 0 Å². The van der Waals surface area contributed by atoms with Crippen molar-refractivity contribution < 1.29 is 9.59 Å². The third kappa shape index (κ3) is 6.79. The molecule has 0 unspecified atom stereocenters. The topological polar surface area (TPSA) is 70.2 Å². The van der Waals surface area contributed by atoms with E-state index in [2.05, 4.69) is 34.9 Å². The molecule has 29 heavy (non-hydrogen) atoms. The van der Waals surface area contributed by atoms with Crippen LogP contribution in [0.1, 0.15) is 44.1 Å². The molecular weight excluding hydrogens is 362 g/mol. The lowest BCUT2D eigenvalue weighted by Crippen LogP contribution is -2.40. The predicted octanol–water partition coefficient (Wildman–Crippen LogP) is 3.87. The average Bonchev–Trinajstić information content (AvgIpc) is 2.74. The molecule has 0 radical (unpaired) electrons. The van der Waals surface area contributed by atoms with Gasteiger partial charge in [0.15, 0.2) is 0 Å². The standard InChI is InChI=1S/C24H29N3O2/c1-18(16-23(28)25-22-10-6-3-7-11-22)26-27-24(29)17-19-12-14-21(15-13-19)20-8-4-2-5-9-20/h2,4-5,8-9,12-15,22,26H,1,3,6-7,10-11,16-17H2,(H,25,28)(H,27,29). The molecule has 1 fully saturated rings. The minimum Gasteiger partial charge on any atom is -0.353 e. The molecule has 2 aromatic rings. The van der Waals surface area contributed by atoms with Gasteiger partial charge in [-0.3, -0.25) is 15.0 Å². The van der Waals surface area contributed by atoms with Gasteiger partial charge in [-0.1, -0.05) is 80.4 Å². The summed E-state index contributed by atoms with van der Waals surface area (Å²) in [7, 11) is 0. The molecule has 0 spiro atoms. The number of hydrazine groups is 1. The quantitative estimate of drug-likeness (QED) is 0.598. The van der Waals surface area contributed by atoms with E-state index in [9.17, 15) is 9.59 Å². The normalized spacial score (nSPS) is 14.1. The van der Waals surface area contributed by atoms with Crippen LogP contribution >= 0.6 is 0 Å². The van der Waals surface area contributed by atoms with E-state index in [0.29, 0.717) is 5.70 Å². The fraction of sp³-hybridized carbons (Fsp3) is 0.333. The van der Waals surface area contributed by atoms with E-state index in [-0.39, 0.29) is 30.7 Å². The minimum absolute atomic E-state index is 0.0554. The number of hydrogen-bond acceptors (Lipinski definition) is 3. The molecule has 1 aliphatic carbocycles. The van der Waals surface area contributed by atoms with Gasteiger partial charge in [-0.15, -0.1) is 0 Å². The smallest absolute Gasteiger partial charge is 0.242 e. The van der Waals surface area contributed by atoms with Crippen molar-refractivity contribution in [2.24, 2.45) is 0 Å². The molecule has 0 atom stereocenters. The molecule has 3 rings (SSSR count). The number of rotatable bonds is 8. The fourth-order valence-electron chi connectivity index (χ4n) is 3.60. The summed E-state index contributed by atoms with van der Waals surface area (Å²) >= 11 is 0. The summed E-state index contributed by atoms with van der Waals surface area (Å²) in [6.07, 6.45) is 6.10. The number of carbonyl (C=O) groups excluding carboxylic acids is 2. The van der Waals surface area contributed by atoms with Crippen LogP contribution in [-0.4, -0.2) is 17.9 Å². The summed E-state index contributed by atoms with van der Waals surface area (Å²) in [5.74, 6) is -0.230. The molecule has 5 heteroatoms. The Labute approximate surface area is 172 Å². The van der Waals surface area contributed by atoms with Crippen molar-refractivity contribution >= 4 is 11.8 Å². The zero-order valence-electron chi connectivity index (χ0n) is 16.7. The number of hydrogen-bond donors (Lipinski definition) is 3. The molecule has 3 N–H and O–H groups in total. The van der Waals surface area contributed by atoms with Crippen LogP contribution in [0.25, 0.3) is 11.1 Å². The van der Waals surface area contributed by atoms with E-state index in [1.165, 1.54) is 19.3 Å². The van der Waals surface area contributed by atoms with Crippen molar-refractivity contribution in [3.63, 3.8) is 0 Å². The second-order valence-electron chi connectivity index (χ2n) is 7.60. The number of carbonyl (C=O) groups is 2. The Hall–Kier alpha value is -3.08. The Balaban J connectivity index is 1.39. The number of nitrogens with one attached hydrogen (secondary N) is 3. The molecule has 152 valence electrons. The van der Waals surface area contributed by atoms with E-state index < -0.39 is 0 Å². The van der Waals surface area contributed by atoms with Crippen LogP contribution < -0.4 is 16.2 Å². The van der Waals surface area contributed by atoms with Crippen LogP contribution in [0.5, 0.6) is 0 Å². The third-order valence-electron chi connectivity index (χ3n) is 5.15. The van der Waals surface area contributed by atoms with Gasteiger partial charge in [-0.05, 0) is 29.5 Å². The lowest BCUT2D eigenvalue weighted by atomic mass is 9.95. The molecule has 0 aliphatic heterocycles. The van der Waals surface area contributed by atoms with Crippen molar-refractivity contribution in [2.75, 3.05) is 0 Å². The van der Waals surface area contributed by atoms with E-state index in [1.807, 2.05) is 42.5 Å². The molecule has 5 nitrogen and oxygen atoms in total. The first-order valence-corrected chi connectivity index (χ1v) is 10.3. The Morgan fingerprint density at radius 2 is 1.48 bits per heavy atom. The second-order valence-corrected chi connectivity index (χ2v) is 7.60. The third-order valence-corrected chi connectivity index (χ3v) is 5.15. The highest BCUT2D eigenvalue weighted by Crippen LogP contribution is 2.19. The van der Waals surface area contributed by atoms with E-state index in [0.717, 1.165) is 29.5 Å². The highest BCUT2D eigenvalue weighted by Gasteiger charge is 2.16. The maximum Gasteiger partial charge on any atom is 0.242 e. The first-order chi connectivity index (χ1) is 14.1. The van der Waals surface area contributed by atoms with Gasteiger partial charge in [0, 0.05) is 11.7 Å². The van der Waals surface area contributed by atoms with E-state index >= 15 is 0 Å². The van der Waals surface area contributed by atoms with Crippen LogP contribution in [0, 0.1) is 0 Å². The molecule has 2 amide bonds. The summed E-state index contributed by atoms with van der Waals surface area (Å²) < 4.78 is 0. The van der Waals surface area contributed by atoms with Gasteiger partial charge < -0.3 is 10.7 Å². The lowest BCUT2D eigenvalue weighted by molar-refractivity contribution is -0.123. The maximum absolute atomic E-state index is 12.2. The SMILES string of the molecule is C=C(CC(=O)NC1CCCCC1)NNC(=O)Cc1ccc(-c2ccccc2)cc1. The van der Waals surface area contributed by atoms with Gasteiger partial charge in [0.2, 0.25) is 11.8 Å². The molecule has 0 aromatic heterocycles. The van der Waals surface area contributed by atoms with Crippen molar-refractivity contribution in [2.45, 2.75) is 51.0 Å². The summed E-state index contributed by atoms with van der Waals surface area (Å²) in [4.78, 5) is 24.2. The van der Waals surface area contributed by atoms with Crippen LogP contribution in [0.2, 0.25) is 0 Å². The fourth-order valence-corrected chi connectivity index (χ4v) is 3.60. The zero-order chi connectivity index (χ0) is 20.5. The van der Waals surface area contributed by atoms with Gasteiger partial charge in [0.25, 0.3) is 0 Å². The molecule has 2 aromatic carbocycles. The highest BCUT2D eigenvalue weighted by atomic mass is 16.2. The second kappa shape index (κ2) is 10.5. The predicted molar refractivity (Wildman–Crippen MR) is 116 cm³/mol. The highest BCUT2D eigenvalue weighted by molar-refractivity contribution is 5.80. The Morgan fingerprint density at radius 3 is 2.17 bits per heavy atom. The zero-order valence-corrected chi connectivity index (χ0v) is 16.7. The van der Waals surface area contributed by atoms with Crippen LogP contribution in [0.3, 0.4) is 0 Å². The summed E-state index contributed by atoms with van der Waals surface area (Å²) in [5.41, 5.74) is 9.03. The average molecular weight is 392 g/mol. The first-order valence-electron chi connectivity index (χ1n) is 10.3. The molecular formula is C24H29N3O2. The van der Waals surface area contributed by atoms with Crippen LogP contribution in [0.15, 0.2) is 66.9 Å². The summed E-state index contributed by atoms with van der Waals surface area (Å²) in [6, 6.07) is 18.3. The lowest BCUT2D eigenvalue weighted by Gasteiger charge is -2.23. The van der Waals surface area contributed by atoms with Gasteiger partial charge in [-0.25, -0.2) is 0 Å². The summed E-state index contributed by atoms with van der Waals surface area (Å²) in [6.45, 7) is 3.83. The Morgan fingerprint density at radius 1 is 0.828 bits per heavy atom. The largest absolute Gasteiger partial charge is 0.353 e. The van der Waals surface area contributed by atoms with E-state index in [4.69, 9.17) is 0 Å². The molecule has 1 aliphatic rings. The Bertz CT molecular complexity index is 825. The van der Waals surface area contributed by atoms with Gasteiger partial charge in [0.1, 0.15) is 0 Å². The monoisotopic (exact) mass is 391 g/mol. The molecule has 0 saturated heterocycles. The van der Waals surface area contributed by atoms with Crippen molar-refractivity contribution in [1.82, 2.24) is 16.2 Å². The van der Waals surface area contributed by atoms with Gasteiger partial charge in [-0.2, -0.15) is 0 Å². The minimum atomic E-state index is -0.175. The molecule has 0 heterocycles. The molecule has 1 saturated carbocycles. The number of benzene rings is 2. The maximum atomic E-state index is 12.2. The van der Waals surface area contributed by atoms with Crippen LogP contribution in [0.4, 0.5) is 0 Å². The van der Waals surface area contributed by atoms with Crippen LogP contribution in [-0.2, 0) is 16.0 Å². The van der Waals surface area contributed by atoms with Gasteiger partial charge in [0.05, 0.1) is 12.8 Å².